The zero-order chi connectivity index (χ0) is 19.5. The van der Waals surface area contributed by atoms with E-state index >= 15 is 0 Å². The predicted octanol–water partition coefficient (Wildman–Crippen LogP) is 7.58. The van der Waals surface area contributed by atoms with Gasteiger partial charge in [0.25, 0.3) is 0 Å². The molecule has 0 rings (SSSR count). The summed E-state index contributed by atoms with van der Waals surface area (Å²) in [4.78, 5) is 0. The Morgan fingerprint density at radius 3 is 1.85 bits per heavy atom. The molecular weight excluding hydrogens is 338 g/mol. The van der Waals surface area contributed by atoms with E-state index in [4.69, 9.17) is 4.74 Å². The first kappa shape index (κ1) is 26.3. The number of rotatable bonds is 20. The van der Waals surface area contributed by atoms with Gasteiger partial charge in [-0.15, -0.1) is 12.6 Å². The highest BCUT2D eigenvalue weighted by molar-refractivity contribution is 7.80. The highest BCUT2D eigenvalue weighted by Crippen LogP contribution is 2.20. The quantitative estimate of drug-likeness (QED) is 0.128. The Morgan fingerprint density at radius 2 is 1.23 bits per heavy atom. The maximum absolute atomic E-state index is 5.86. The molecule has 0 aliphatic carbocycles. The fourth-order valence-corrected chi connectivity index (χ4v) is 3.76. The van der Waals surface area contributed by atoms with Crippen molar-refractivity contribution in [2.75, 3.05) is 13.2 Å². The highest BCUT2D eigenvalue weighted by Gasteiger charge is 2.09. The van der Waals surface area contributed by atoms with Gasteiger partial charge in [0.05, 0.1) is 6.61 Å². The van der Waals surface area contributed by atoms with Crippen LogP contribution in [-0.4, -0.2) is 18.7 Å². The molecule has 2 unspecified atom stereocenters. The van der Waals surface area contributed by atoms with Crippen LogP contribution in [0.5, 0.6) is 0 Å². The molecule has 158 valence electrons. The lowest BCUT2D eigenvalue weighted by Crippen LogP contribution is -2.29. The molecule has 2 nitrogen and oxygen atoms in total. The van der Waals surface area contributed by atoms with Crippen molar-refractivity contribution in [2.45, 2.75) is 123 Å². The molecule has 1 N–H and O–H groups in total. The Morgan fingerprint density at radius 1 is 0.692 bits per heavy atom. The van der Waals surface area contributed by atoms with Crippen LogP contribution >= 0.6 is 12.6 Å². The molecule has 0 aliphatic rings. The van der Waals surface area contributed by atoms with E-state index in [0.717, 1.165) is 19.1 Å². The Balaban J connectivity index is 3.48. The molecule has 0 fully saturated rings. The molecule has 0 aliphatic heterocycles. The molecule has 0 saturated heterocycles. The molecule has 0 amide bonds. The van der Waals surface area contributed by atoms with Gasteiger partial charge in [0.1, 0.15) is 0 Å². The van der Waals surface area contributed by atoms with Crippen LogP contribution in [0, 0.1) is 11.8 Å². The number of ether oxygens (including phenoxy) is 1. The van der Waals surface area contributed by atoms with Crippen molar-refractivity contribution in [1.82, 2.24) is 5.32 Å². The van der Waals surface area contributed by atoms with Crippen molar-refractivity contribution in [3.63, 3.8) is 0 Å². The maximum atomic E-state index is 5.86. The summed E-state index contributed by atoms with van der Waals surface area (Å²) in [5.74, 6) is 1.67. The van der Waals surface area contributed by atoms with Gasteiger partial charge in [0.2, 0.25) is 0 Å². The van der Waals surface area contributed by atoms with Crippen molar-refractivity contribution in [1.29, 1.82) is 0 Å². The van der Waals surface area contributed by atoms with Crippen molar-refractivity contribution in [3.8, 4) is 0 Å². The first-order valence-corrected chi connectivity index (χ1v) is 12.2. The molecule has 3 atom stereocenters. The Kier molecular flexibility index (Phi) is 20.2. The van der Waals surface area contributed by atoms with E-state index in [2.05, 4.69) is 45.6 Å². The largest absolute Gasteiger partial charge is 0.354 e. The summed E-state index contributed by atoms with van der Waals surface area (Å²) in [7, 11) is 0. The second-order valence-corrected chi connectivity index (χ2v) is 8.50. The van der Waals surface area contributed by atoms with Gasteiger partial charge in [-0.2, -0.15) is 0 Å². The summed E-state index contributed by atoms with van der Waals surface area (Å²) in [6, 6.07) is 0. The van der Waals surface area contributed by atoms with Crippen LogP contribution in [0.1, 0.15) is 118 Å². The summed E-state index contributed by atoms with van der Waals surface area (Å²) in [5.41, 5.74) is -0.102. The average molecular weight is 388 g/mol. The van der Waals surface area contributed by atoms with E-state index < -0.39 is 0 Å². The first-order valence-electron chi connectivity index (χ1n) is 11.7. The summed E-state index contributed by atoms with van der Waals surface area (Å²) < 4.78 is 5.86. The third-order valence-electron chi connectivity index (χ3n) is 5.68. The van der Waals surface area contributed by atoms with Crippen LogP contribution in [0.2, 0.25) is 0 Å². The van der Waals surface area contributed by atoms with E-state index in [1.54, 1.807) is 0 Å². The van der Waals surface area contributed by atoms with Crippen molar-refractivity contribution >= 4 is 12.6 Å². The van der Waals surface area contributed by atoms with E-state index in [-0.39, 0.29) is 5.56 Å². The maximum Gasteiger partial charge on any atom is 0.153 e. The molecule has 0 aromatic heterocycles. The van der Waals surface area contributed by atoms with Gasteiger partial charge in [-0.1, -0.05) is 105 Å². The fraction of sp³-hybridized carbons (Fsp3) is 1.00. The van der Waals surface area contributed by atoms with Gasteiger partial charge in [-0.05, 0) is 31.2 Å². The van der Waals surface area contributed by atoms with Crippen molar-refractivity contribution < 1.29 is 4.74 Å². The zero-order valence-electron chi connectivity index (χ0n) is 18.4. The summed E-state index contributed by atoms with van der Waals surface area (Å²) >= 11 is 4.52. The lowest BCUT2D eigenvalue weighted by Gasteiger charge is -2.19. The van der Waals surface area contributed by atoms with Crippen LogP contribution < -0.4 is 5.32 Å². The van der Waals surface area contributed by atoms with Crippen LogP contribution in [0.15, 0.2) is 0 Å². The molecule has 0 radical (unpaired) electrons. The van der Waals surface area contributed by atoms with Gasteiger partial charge in [0.15, 0.2) is 5.56 Å². The van der Waals surface area contributed by atoms with Crippen molar-refractivity contribution in [3.05, 3.63) is 0 Å². The number of nitrogens with one attached hydrogen (secondary N) is 1. The van der Waals surface area contributed by atoms with Gasteiger partial charge < -0.3 is 4.74 Å². The summed E-state index contributed by atoms with van der Waals surface area (Å²) in [6.45, 7) is 11.0. The molecule has 0 heterocycles. The van der Waals surface area contributed by atoms with Gasteiger partial charge in [-0.3, -0.25) is 5.32 Å². The Bertz CT molecular complexity index is 275. The van der Waals surface area contributed by atoms with Gasteiger partial charge >= 0.3 is 0 Å². The van der Waals surface area contributed by atoms with Crippen molar-refractivity contribution in [2.24, 2.45) is 11.8 Å². The summed E-state index contributed by atoms with van der Waals surface area (Å²) in [5, 5.41) is 3.40. The van der Waals surface area contributed by atoms with E-state index in [9.17, 15) is 0 Å². The minimum atomic E-state index is -0.102. The third kappa shape index (κ3) is 16.4. The Labute approximate surface area is 171 Å². The summed E-state index contributed by atoms with van der Waals surface area (Å²) in [6.07, 6.45) is 18.8. The zero-order valence-corrected chi connectivity index (χ0v) is 19.3. The molecule has 0 aromatic carbocycles. The SMILES string of the molecule is CCCCC(CC)CCCCCCCN[C@@H](S)OCC(CC)CCCC. The molecule has 3 heteroatoms. The van der Waals surface area contributed by atoms with Crippen LogP contribution in [0.4, 0.5) is 0 Å². The number of unbranched alkanes of at least 4 members (excludes halogenated alkanes) is 6. The van der Waals surface area contributed by atoms with E-state index in [1.165, 1.54) is 89.9 Å². The van der Waals surface area contributed by atoms with Crippen LogP contribution in [0.25, 0.3) is 0 Å². The third-order valence-corrected chi connectivity index (χ3v) is 6.02. The first-order chi connectivity index (χ1) is 12.7. The normalized spacial score (nSPS) is 15.1. The highest BCUT2D eigenvalue weighted by atomic mass is 32.1. The van der Waals surface area contributed by atoms with Gasteiger partial charge in [-0.25, -0.2) is 0 Å². The van der Waals surface area contributed by atoms with Crippen LogP contribution in [-0.2, 0) is 4.74 Å². The lowest BCUT2D eigenvalue weighted by atomic mass is 9.93. The fourth-order valence-electron chi connectivity index (χ4n) is 3.54. The van der Waals surface area contributed by atoms with E-state index in [1.807, 2.05) is 0 Å². The molecule has 26 heavy (non-hydrogen) atoms. The number of thiol groups is 1. The molecular formula is C23H49NOS. The second kappa shape index (κ2) is 20.0. The van der Waals surface area contributed by atoms with Gasteiger partial charge in [0, 0.05) is 0 Å². The molecule has 0 spiro atoms. The van der Waals surface area contributed by atoms with E-state index in [0.29, 0.717) is 5.92 Å². The lowest BCUT2D eigenvalue weighted by molar-refractivity contribution is 0.0594. The molecule has 0 aromatic rings. The van der Waals surface area contributed by atoms with Crippen LogP contribution in [0.3, 0.4) is 0 Å². The smallest absolute Gasteiger partial charge is 0.153 e. The molecule has 0 bridgehead atoms. The minimum absolute atomic E-state index is 0.102. The topological polar surface area (TPSA) is 21.3 Å². The minimum Gasteiger partial charge on any atom is -0.354 e. The average Bonchev–Trinajstić information content (AvgIpc) is 2.66. The Hall–Kier alpha value is 0.270. The predicted molar refractivity (Wildman–Crippen MR) is 121 cm³/mol. The molecule has 0 saturated carbocycles. The number of hydrogen-bond acceptors (Lipinski definition) is 3. The monoisotopic (exact) mass is 387 g/mol. The second-order valence-electron chi connectivity index (χ2n) is 8.03. The number of hydrogen-bond donors (Lipinski definition) is 2. The standard InChI is InChI=1S/C23H49NOS/c1-5-9-16-21(7-3)18-14-12-11-13-15-19-24-23(26)25-20-22(8-4)17-10-6-2/h21-24,26H,5-20H2,1-4H3/t21?,22?,23-/m1/s1.